The summed E-state index contributed by atoms with van der Waals surface area (Å²) < 4.78 is 18.3. The standard InChI is InChI=1S/C24H24N4O5S/c1-13-6-7-16-15(8-13)19(22(29)26(16)2)21-23(30)28-12-27(11-25-24(28)34-21)14-9-17(31-3)20(33-5)18(10-14)32-4/h6-10H,11-12H2,1-5H3. The number of hydrogen-bond acceptors (Lipinski definition) is 8. The van der Waals surface area contributed by atoms with Gasteiger partial charge in [0.05, 0.1) is 32.6 Å². The van der Waals surface area contributed by atoms with Crippen molar-refractivity contribution in [3.8, 4) is 17.2 Å². The summed E-state index contributed by atoms with van der Waals surface area (Å²) in [5.41, 5.74) is 3.59. The van der Waals surface area contributed by atoms with Gasteiger partial charge in [0.2, 0.25) is 5.75 Å². The second-order valence-electron chi connectivity index (χ2n) is 8.07. The topological polar surface area (TPSA) is 85.6 Å². The third-order valence-corrected chi connectivity index (χ3v) is 7.21. The molecule has 2 aliphatic heterocycles. The summed E-state index contributed by atoms with van der Waals surface area (Å²) in [7, 11) is 6.39. The summed E-state index contributed by atoms with van der Waals surface area (Å²) in [6, 6.07) is 9.47. The van der Waals surface area contributed by atoms with Crippen LogP contribution in [0.2, 0.25) is 0 Å². The second-order valence-corrected chi connectivity index (χ2v) is 9.05. The first-order valence-corrected chi connectivity index (χ1v) is 11.4. The van der Waals surface area contributed by atoms with E-state index in [1.165, 1.54) is 11.3 Å². The Morgan fingerprint density at radius 1 is 1.00 bits per heavy atom. The number of hydrogen-bond donors (Lipinski definition) is 0. The summed E-state index contributed by atoms with van der Waals surface area (Å²) in [6.07, 6.45) is 0. The molecule has 34 heavy (non-hydrogen) atoms. The minimum absolute atomic E-state index is 0.182. The summed E-state index contributed by atoms with van der Waals surface area (Å²) in [5, 5.41) is 0. The Bertz CT molecular complexity index is 1480. The molecule has 0 bridgehead atoms. The molecule has 1 aromatic heterocycles. The van der Waals surface area contributed by atoms with Crippen molar-refractivity contribution in [3.63, 3.8) is 0 Å². The third-order valence-electron chi connectivity index (χ3n) is 6.10. The minimum Gasteiger partial charge on any atom is -0.493 e. The Morgan fingerprint density at radius 2 is 1.71 bits per heavy atom. The van der Waals surface area contributed by atoms with Gasteiger partial charge in [-0.3, -0.25) is 14.2 Å². The molecule has 2 aliphatic rings. The van der Waals surface area contributed by atoms with Crippen LogP contribution >= 0.6 is 11.3 Å². The van der Waals surface area contributed by atoms with Gasteiger partial charge in [0, 0.05) is 30.4 Å². The zero-order chi connectivity index (χ0) is 24.1. The number of anilines is 2. The molecule has 0 atom stereocenters. The molecule has 0 N–H and O–H groups in total. The lowest BCUT2D eigenvalue weighted by atomic mass is 10.1. The fourth-order valence-electron chi connectivity index (χ4n) is 4.33. The molecular weight excluding hydrogens is 456 g/mol. The molecule has 3 heterocycles. The zero-order valence-electron chi connectivity index (χ0n) is 19.5. The van der Waals surface area contributed by atoms with Crippen molar-refractivity contribution >= 4 is 34.2 Å². The van der Waals surface area contributed by atoms with Gasteiger partial charge >= 0.3 is 0 Å². The van der Waals surface area contributed by atoms with Crippen molar-refractivity contribution in [3.05, 3.63) is 61.1 Å². The van der Waals surface area contributed by atoms with E-state index in [1.807, 2.05) is 42.2 Å². The molecule has 1 amide bonds. The molecule has 0 saturated carbocycles. The number of rotatable bonds is 4. The average molecular weight is 481 g/mol. The number of carbonyl (C=O) groups is 1. The van der Waals surface area contributed by atoms with Crippen LogP contribution < -0.4 is 38.9 Å². The molecule has 0 saturated heterocycles. The van der Waals surface area contributed by atoms with Crippen LogP contribution in [0, 0.1) is 6.92 Å². The number of benzene rings is 2. The summed E-state index contributed by atoms with van der Waals surface area (Å²) in [5.74, 6) is 1.34. The number of methoxy groups -OCH3 is 3. The molecule has 3 aromatic rings. The number of aromatic nitrogens is 1. The Balaban J connectivity index is 1.62. The van der Waals surface area contributed by atoms with Crippen molar-refractivity contribution < 1.29 is 19.0 Å². The van der Waals surface area contributed by atoms with Crippen molar-refractivity contribution in [2.45, 2.75) is 13.6 Å². The van der Waals surface area contributed by atoms with Crippen LogP contribution in [0.5, 0.6) is 17.2 Å². The molecule has 2 aromatic carbocycles. The number of fused-ring (bicyclic) bond motifs is 2. The summed E-state index contributed by atoms with van der Waals surface area (Å²) >= 11 is 1.26. The SMILES string of the molecule is COc1cc(N2CN=c3sc(=C4C(=O)N(C)c5ccc(C)cc54)c(=O)n3C2)cc(OC)c1OC. The van der Waals surface area contributed by atoms with Crippen LogP contribution in [0.15, 0.2) is 40.1 Å². The van der Waals surface area contributed by atoms with E-state index < -0.39 is 0 Å². The van der Waals surface area contributed by atoms with Gasteiger partial charge in [-0.2, -0.15) is 0 Å². The number of aryl methyl sites for hydroxylation is 1. The maximum absolute atomic E-state index is 13.5. The largest absolute Gasteiger partial charge is 0.493 e. The van der Waals surface area contributed by atoms with Gasteiger partial charge in [0.15, 0.2) is 16.3 Å². The number of nitrogens with zero attached hydrogens (tertiary/aromatic N) is 4. The number of amides is 1. The van der Waals surface area contributed by atoms with Crippen LogP contribution in [-0.2, 0) is 11.5 Å². The maximum atomic E-state index is 13.5. The molecule has 9 nitrogen and oxygen atoms in total. The first kappa shape index (κ1) is 22.0. The van der Waals surface area contributed by atoms with Gasteiger partial charge in [0.25, 0.3) is 11.5 Å². The van der Waals surface area contributed by atoms with E-state index in [0.717, 1.165) is 22.5 Å². The molecule has 5 rings (SSSR count). The van der Waals surface area contributed by atoms with Crippen molar-refractivity contribution in [1.82, 2.24) is 4.57 Å². The molecule has 0 unspecified atom stereocenters. The van der Waals surface area contributed by atoms with Gasteiger partial charge in [-0.05, 0) is 19.1 Å². The minimum atomic E-state index is -0.230. The van der Waals surface area contributed by atoms with E-state index in [9.17, 15) is 9.59 Å². The third kappa shape index (κ3) is 3.25. The lowest BCUT2D eigenvalue weighted by Crippen LogP contribution is -2.43. The Hall–Kier alpha value is -3.79. The van der Waals surface area contributed by atoms with Gasteiger partial charge in [-0.25, -0.2) is 4.99 Å². The average Bonchev–Trinajstić information content (AvgIpc) is 3.30. The number of likely N-dealkylation sites (N-methyl/N-ethyl adjacent to an activating group) is 1. The van der Waals surface area contributed by atoms with Crippen LogP contribution in [0.1, 0.15) is 11.1 Å². The monoisotopic (exact) mass is 480 g/mol. The number of thiazole rings is 1. The van der Waals surface area contributed by atoms with E-state index in [2.05, 4.69) is 4.99 Å². The number of carbonyl (C=O) groups excluding carboxylic acids is 1. The lowest BCUT2D eigenvalue weighted by Gasteiger charge is -2.27. The molecule has 176 valence electrons. The van der Waals surface area contributed by atoms with Gasteiger partial charge in [-0.1, -0.05) is 23.0 Å². The Kier molecular flexibility index (Phi) is 5.32. The lowest BCUT2D eigenvalue weighted by molar-refractivity contribution is -0.112. The summed E-state index contributed by atoms with van der Waals surface area (Å²) in [4.78, 5) is 35.3. The first-order chi connectivity index (χ1) is 16.4. The Labute approximate surface area is 199 Å². The van der Waals surface area contributed by atoms with Crippen LogP contribution in [0.3, 0.4) is 0 Å². The molecular formula is C24H24N4O5S. The van der Waals surface area contributed by atoms with E-state index in [1.54, 1.807) is 37.8 Å². The van der Waals surface area contributed by atoms with E-state index in [-0.39, 0.29) is 18.1 Å². The first-order valence-electron chi connectivity index (χ1n) is 10.6. The maximum Gasteiger partial charge on any atom is 0.272 e. The van der Waals surface area contributed by atoms with E-state index in [4.69, 9.17) is 14.2 Å². The molecule has 0 radical (unpaired) electrons. The Morgan fingerprint density at radius 3 is 2.35 bits per heavy atom. The van der Waals surface area contributed by atoms with Crippen molar-refractivity contribution in [2.24, 2.45) is 4.99 Å². The van der Waals surface area contributed by atoms with Crippen molar-refractivity contribution in [1.29, 1.82) is 0 Å². The fourth-order valence-corrected chi connectivity index (χ4v) is 5.38. The predicted molar refractivity (Wildman–Crippen MR) is 130 cm³/mol. The van der Waals surface area contributed by atoms with Crippen LogP contribution in [-0.4, -0.2) is 45.5 Å². The van der Waals surface area contributed by atoms with Crippen LogP contribution in [0.4, 0.5) is 11.4 Å². The molecule has 10 heteroatoms. The quantitative estimate of drug-likeness (QED) is 0.562. The fraction of sp³-hybridized carbons (Fsp3) is 0.292. The van der Waals surface area contributed by atoms with Crippen LogP contribution in [0.25, 0.3) is 5.57 Å². The molecule has 0 fully saturated rings. The van der Waals surface area contributed by atoms with Gasteiger partial charge in [0.1, 0.15) is 17.9 Å². The highest BCUT2D eigenvalue weighted by Gasteiger charge is 2.32. The normalized spacial score (nSPS) is 16.2. The molecule has 0 aliphatic carbocycles. The second kappa shape index (κ2) is 8.21. The van der Waals surface area contributed by atoms with Gasteiger partial charge in [-0.15, -0.1) is 0 Å². The predicted octanol–water partition coefficient (Wildman–Crippen LogP) is 1.47. The highest BCUT2D eigenvalue weighted by atomic mass is 32.1. The van der Waals surface area contributed by atoms with E-state index in [0.29, 0.717) is 38.8 Å². The van der Waals surface area contributed by atoms with Crippen molar-refractivity contribution in [2.75, 3.05) is 44.8 Å². The van der Waals surface area contributed by atoms with Gasteiger partial charge < -0.3 is 24.0 Å². The highest BCUT2D eigenvalue weighted by Crippen LogP contribution is 2.41. The summed E-state index contributed by atoms with van der Waals surface area (Å²) in [6.45, 7) is 2.60. The highest BCUT2D eigenvalue weighted by molar-refractivity contribution is 7.07. The zero-order valence-corrected chi connectivity index (χ0v) is 20.4. The molecule has 0 spiro atoms. The van der Waals surface area contributed by atoms with E-state index >= 15 is 0 Å². The number of ether oxygens (including phenoxy) is 3. The smallest absolute Gasteiger partial charge is 0.272 e.